The molecule has 1 aliphatic rings. The molecule has 3 heteroatoms. The van der Waals surface area contributed by atoms with Crippen molar-refractivity contribution in [3.05, 3.63) is 24.2 Å². The lowest BCUT2D eigenvalue weighted by Gasteiger charge is -2.03. The maximum atomic E-state index is 5.26. The molecule has 2 heterocycles. The summed E-state index contributed by atoms with van der Waals surface area (Å²) in [5.41, 5.74) is 6.31. The Balaban J connectivity index is 2.08. The summed E-state index contributed by atoms with van der Waals surface area (Å²) in [6, 6.07) is 4.79. The zero-order valence-corrected chi connectivity index (χ0v) is 6.50. The Morgan fingerprint density at radius 3 is 3.00 bits per heavy atom. The van der Waals surface area contributed by atoms with E-state index in [1.807, 2.05) is 12.1 Å². The molecule has 2 rings (SSSR count). The smallest absolute Gasteiger partial charge is 0.122 e. The lowest BCUT2D eigenvalue weighted by atomic mass is 10.1. The predicted molar refractivity (Wildman–Crippen MR) is 41.8 cm³/mol. The van der Waals surface area contributed by atoms with E-state index in [9.17, 15) is 0 Å². The molecule has 0 bridgehead atoms. The third-order valence-electron chi connectivity index (χ3n) is 1.98. The van der Waals surface area contributed by atoms with Crippen LogP contribution in [0.2, 0.25) is 0 Å². The van der Waals surface area contributed by atoms with Crippen LogP contribution in [-0.4, -0.2) is 6.04 Å². The fourth-order valence-corrected chi connectivity index (χ4v) is 1.39. The Morgan fingerprint density at radius 1 is 1.55 bits per heavy atom. The van der Waals surface area contributed by atoms with Gasteiger partial charge in [-0.1, -0.05) is 0 Å². The number of hydrazine groups is 1. The first-order valence-corrected chi connectivity index (χ1v) is 3.91. The molecule has 0 spiro atoms. The molecule has 2 atom stereocenters. The quantitative estimate of drug-likeness (QED) is 0.635. The van der Waals surface area contributed by atoms with E-state index in [4.69, 9.17) is 4.42 Å². The van der Waals surface area contributed by atoms with E-state index in [-0.39, 0.29) is 0 Å². The van der Waals surface area contributed by atoms with E-state index < -0.39 is 0 Å². The molecule has 60 valence electrons. The number of hydrogen-bond acceptors (Lipinski definition) is 3. The minimum Gasteiger partial charge on any atom is -0.468 e. The van der Waals surface area contributed by atoms with E-state index in [1.54, 1.807) is 6.26 Å². The molecule has 1 aromatic heterocycles. The van der Waals surface area contributed by atoms with Crippen molar-refractivity contribution in [2.45, 2.75) is 25.4 Å². The van der Waals surface area contributed by atoms with E-state index >= 15 is 0 Å². The van der Waals surface area contributed by atoms with Crippen LogP contribution in [0.15, 0.2) is 22.8 Å². The first-order valence-electron chi connectivity index (χ1n) is 3.91. The highest BCUT2D eigenvalue weighted by Gasteiger charge is 2.23. The second-order valence-corrected chi connectivity index (χ2v) is 2.99. The van der Waals surface area contributed by atoms with Gasteiger partial charge in [0.15, 0.2) is 0 Å². The van der Waals surface area contributed by atoms with Crippen molar-refractivity contribution in [1.82, 2.24) is 10.9 Å². The van der Waals surface area contributed by atoms with Gasteiger partial charge in [0.2, 0.25) is 0 Å². The van der Waals surface area contributed by atoms with Crippen molar-refractivity contribution >= 4 is 0 Å². The Labute approximate surface area is 65.7 Å². The molecule has 0 saturated carbocycles. The molecule has 0 aromatic carbocycles. The van der Waals surface area contributed by atoms with Gasteiger partial charge in [0.25, 0.3) is 0 Å². The third kappa shape index (κ3) is 1.29. The van der Waals surface area contributed by atoms with E-state index in [2.05, 4.69) is 17.8 Å². The lowest BCUT2D eigenvalue weighted by molar-refractivity contribution is 0.433. The molecule has 0 amide bonds. The van der Waals surface area contributed by atoms with Crippen molar-refractivity contribution in [3.63, 3.8) is 0 Å². The van der Waals surface area contributed by atoms with Crippen LogP contribution in [0.3, 0.4) is 0 Å². The van der Waals surface area contributed by atoms with Crippen LogP contribution < -0.4 is 10.9 Å². The predicted octanol–water partition coefficient (Wildman–Crippen LogP) is 1.21. The van der Waals surface area contributed by atoms with Gasteiger partial charge in [-0.2, -0.15) is 0 Å². The first-order chi connectivity index (χ1) is 5.36. The average molecular weight is 152 g/mol. The van der Waals surface area contributed by atoms with Crippen LogP contribution in [0.25, 0.3) is 0 Å². The van der Waals surface area contributed by atoms with Gasteiger partial charge >= 0.3 is 0 Å². The van der Waals surface area contributed by atoms with Crippen molar-refractivity contribution in [1.29, 1.82) is 0 Å². The molecular weight excluding hydrogens is 140 g/mol. The molecule has 0 aliphatic carbocycles. The van der Waals surface area contributed by atoms with Crippen LogP contribution in [-0.2, 0) is 0 Å². The Hall–Kier alpha value is -0.800. The van der Waals surface area contributed by atoms with Crippen molar-refractivity contribution in [2.24, 2.45) is 0 Å². The Bertz CT molecular complexity index is 220. The number of hydrogen-bond donors (Lipinski definition) is 2. The van der Waals surface area contributed by atoms with Crippen LogP contribution in [0, 0.1) is 0 Å². The first kappa shape index (κ1) is 6.88. The highest BCUT2D eigenvalue weighted by Crippen LogP contribution is 2.21. The van der Waals surface area contributed by atoms with Gasteiger partial charge in [0.1, 0.15) is 5.76 Å². The highest BCUT2D eigenvalue weighted by atomic mass is 16.3. The SMILES string of the molecule is C[C@@H]1C[C@H](c2ccco2)NN1. The van der Waals surface area contributed by atoms with Crippen molar-refractivity contribution in [2.75, 3.05) is 0 Å². The second-order valence-electron chi connectivity index (χ2n) is 2.99. The van der Waals surface area contributed by atoms with Crippen LogP contribution in [0.5, 0.6) is 0 Å². The maximum absolute atomic E-state index is 5.26. The highest BCUT2D eigenvalue weighted by molar-refractivity contribution is 5.06. The summed E-state index contributed by atoms with van der Waals surface area (Å²) in [5, 5.41) is 0. The largest absolute Gasteiger partial charge is 0.468 e. The van der Waals surface area contributed by atoms with Crippen LogP contribution >= 0.6 is 0 Å². The lowest BCUT2D eigenvalue weighted by Crippen LogP contribution is -2.28. The van der Waals surface area contributed by atoms with Gasteiger partial charge in [-0.25, -0.2) is 5.43 Å². The summed E-state index contributed by atoms with van der Waals surface area (Å²) in [7, 11) is 0. The van der Waals surface area contributed by atoms with Gasteiger partial charge in [0, 0.05) is 6.04 Å². The topological polar surface area (TPSA) is 37.2 Å². The number of furan rings is 1. The summed E-state index contributed by atoms with van der Waals surface area (Å²) in [6.07, 6.45) is 2.80. The number of rotatable bonds is 1. The fourth-order valence-electron chi connectivity index (χ4n) is 1.39. The van der Waals surface area contributed by atoms with Gasteiger partial charge in [-0.3, -0.25) is 5.43 Å². The second kappa shape index (κ2) is 2.68. The maximum Gasteiger partial charge on any atom is 0.122 e. The van der Waals surface area contributed by atoms with Gasteiger partial charge in [0.05, 0.1) is 12.3 Å². The Morgan fingerprint density at radius 2 is 2.45 bits per heavy atom. The molecule has 3 nitrogen and oxygen atoms in total. The molecule has 2 N–H and O–H groups in total. The Kier molecular flexibility index (Phi) is 1.68. The molecule has 11 heavy (non-hydrogen) atoms. The minimum atomic E-state index is 0.347. The van der Waals surface area contributed by atoms with E-state index in [0.29, 0.717) is 12.1 Å². The normalized spacial score (nSPS) is 31.0. The van der Waals surface area contributed by atoms with Crippen LogP contribution in [0.1, 0.15) is 25.1 Å². The summed E-state index contributed by atoms with van der Waals surface area (Å²) in [6.45, 7) is 2.15. The molecule has 1 saturated heterocycles. The zero-order chi connectivity index (χ0) is 7.68. The zero-order valence-electron chi connectivity index (χ0n) is 6.50. The monoisotopic (exact) mass is 152 g/mol. The molecule has 1 aromatic rings. The van der Waals surface area contributed by atoms with Gasteiger partial charge in [-0.05, 0) is 25.5 Å². The standard InChI is InChI=1S/C8H12N2O/c1-6-5-7(10-9-6)8-3-2-4-11-8/h2-4,6-7,9-10H,5H2,1H3/t6-,7-/m1/s1. The minimum absolute atomic E-state index is 0.347. The number of nitrogens with one attached hydrogen (secondary N) is 2. The third-order valence-corrected chi connectivity index (χ3v) is 1.98. The molecular formula is C8H12N2O. The summed E-state index contributed by atoms with van der Waals surface area (Å²) >= 11 is 0. The van der Waals surface area contributed by atoms with E-state index in [0.717, 1.165) is 12.2 Å². The fraction of sp³-hybridized carbons (Fsp3) is 0.500. The molecule has 0 radical (unpaired) electrons. The summed E-state index contributed by atoms with van der Waals surface area (Å²) < 4.78 is 5.26. The van der Waals surface area contributed by atoms with Gasteiger partial charge in [-0.15, -0.1) is 0 Å². The molecule has 1 fully saturated rings. The van der Waals surface area contributed by atoms with E-state index in [1.165, 1.54) is 0 Å². The van der Waals surface area contributed by atoms with Crippen LogP contribution in [0.4, 0.5) is 0 Å². The van der Waals surface area contributed by atoms with Crippen molar-refractivity contribution < 1.29 is 4.42 Å². The summed E-state index contributed by atoms with van der Waals surface area (Å²) in [4.78, 5) is 0. The molecule has 1 aliphatic heterocycles. The summed E-state index contributed by atoms with van der Waals surface area (Å²) in [5.74, 6) is 1.02. The average Bonchev–Trinajstić information content (AvgIpc) is 2.55. The molecule has 0 unspecified atom stereocenters. The van der Waals surface area contributed by atoms with Crippen molar-refractivity contribution in [3.8, 4) is 0 Å². The van der Waals surface area contributed by atoms with Gasteiger partial charge < -0.3 is 4.42 Å².